The molecule has 2 N–H and O–H groups in total. The van der Waals surface area contributed by atoms with Gasteiger partial charge in [-0.15, -0.1) is 0 Å². The summed E-state index contributed by atoms with van der Waals surface area (Å²) in [5.41, 5.74) is 7.69. The van der Waals surface area contributed by atoms with Gasteiger partial charge in [0.2, 0.25) is 0 Å². The standard InChI is InChI=1S/C13H11F3N2/c1-8-4-10(6-11(17)5-8)9-2-3-12(18-7-9)13(14,15)16/h2-7H,17H2,1H3. The first-order chi connectivity index (χ1) is 8.36. The summed E-state index contributed by atoms with van der Waals surface area (Å²) in [4.78, 5) is 3.42. The molecule has 0 spiro atoms. The largest absolute Gasteiger partial charge is 0.433 e. The van der Waals surface area contributed by atoms with Crippen molar-refractivity contribution in [3.8, 4) is 11.1 Å². The molecule has 1 aromatic heterocycles. The summed E-state index contributed by atoms with van der Waals surface area (Å²) < 4.78 is 37.1. The van der Waals surface area contributed by atoms with E-state index in [4.69, 9.17) is 5.73 Å². The van der Waals surface area contributed by atoms with E-state index in [-0.39, 0.29) is 0 Å². The number of nitrogen functional groups attached to an aromatic ring is 1. The van der Waals surface area contributed by atoms with Gasteiger partial charge in [0.05, 0.1) is 0 Å². The van der Waals surface area contributed by atoms with Gasteiger partial charge in [0.25, 0.3) is 0 Å². The van der Waals surface area contributed by atoms with Crippen LogP contribution in [0.2, 0.25) is 0 Å². The molecule has 0 fully saturated rings. The Morgan fingerprint density at radius 3 is 2.28 bits per heavy atom. The Labute approximate surface area is 102 Å². The van der Waals surface area contributed by atoms with E-state index in [1.165, 1.54) is 12.3 Å². The Hall–Kier alpha value is -2.04. The minimum Gasteiger partial charge on any atom is -0.399 e. The highest BCUT2D eigenvalue weighted by molar-refractivity contribution is 5.67. The van der Waals surface area contributed by atoms with E-state index in [1.807, 2.05) is 13.0 Å². The second kappa shape index (κ2) is 4.33. The van der Waals surface area contributed by atoms with Crippen LogP contribution in [0.5, 0.6) is 0 Å². The lowest BCUT2D eigenvalue weighted by molar-refractivity contribution is -0.141. The smallest absolute Gasteiger partial charge is 0.399 e. The number of alkyl halides is 3. The minimum absolute atomic E-state index is 0.574. The zero-order valence-electron chi connectivity index (χ0n) is 9.62. The molecule has 2 rings (SSSR count). The summed E-state index contributed by atoms with van der Waals surface area (Å²) in [6.07, 6.45) is -3.21. The SMILES string of the molecule is Cc1cc(N)cc(-c2ccc(C(F)(F)F)nc2)c1. The normalized spacial score (nSPS) is 11.6. The molecule has 0 atom stereocenters. The summed E-state index contributed by atoms with van der Waals surface area (Å²) in [6, 6.07) is 7.71. The maximum absolute atomic E-state index is 12.4. The average molecular weight is 252 g/mol. The summed E-state index contributed by atoms with van der Waals surface area (Å²) >= 11 is 0. The Morgan fingerprint density at radius 2 is 1.78 bits per heavy atom. The molecule has 0 radical (unpaired) electrons. The summed E-state index contributed by atoms with van der Waals surface area (Å²) in [7, 11) is 0. The molecule has 94 valence electrons. The van der Waals surface area contributed by atoms with Crippen LogP contribution in [-0.2, 0) is 6.18 Å². The van der Waals surface area contributed by atoms with Crippen molar-refractivity contribution in [2.24, 2.45) is 0 Å². The van der Waals surface area contributed by atoms with E-state index in [2.05, 4.69) is 4.98 Å². The third kappa shape index (κ3) is 2.61. The fourth-order valence-corrected chi connectivity index (χ4v) is 1.71. The molecule has 0 bridgehead atoms. The highest BCUT2D eigenvalue weighted by Crippen LogP contribution is 2.29. The average Bonchev–Trinajstić information content (AvgIpc) is 2.27. The molecule has 0 aliphatic heterocycles. The van der Waals surface area contributed by atoms with Gasteiger partial charge in [-0.05, 0) is 36.2 Å². The van der Waals surface area contributed by atoms with Gasteiger partial charge >= 0.3 is 6.18 Å². The predicted molar refractivity (Wildman–Crippen MR) is 63.8 cm³/mol. The molecule has 0 aliphatic rings. The van der Waals surface area contributed by atoms with Crippen LogP contribution in [0.3, 0.4) is 0 Å². The van der Waals surface area contributed by atoms with Gasteiger partial charge in [-0.25, -0.2) is 0 Å². The maximum Gasteiger partial charge on any atom is 0.433 e. The molecular weight excluding hydrogens is 241 g/mol. The molecule has 2 nitrogen and oxygen atoms in total. The third-order valence-electron chi connectivity index (χ3n) is 2.49. The van der Waals surface area contributed by atoms with Crippen molar-refractivity contribution in [3.05, 3.63) is 47.8 Å². The van der Waals surface area contributed by atoms with Crippen molar-refractivity contribution >= 4 is 5.69 Å². The Bertz CT molecular complexity index is 539. The zero-order chi connectivity index (χ0) is 13.3. The van der Waals surface area contributed by atoms with Crippen LogP contribution in [0, 0.1) is 6.92 Å². The first kappa shape index (κ1) is 12.4. The number of nitrogens with two attached hydrogens (primary N) is 1. The van der Waals surface area contributed by atoms with Crippen LogP contribution >= 0.6 is 0 Å². The number of rotatable bonds is 1. The summed E-state index contributed by atoms with van der Waals surface area (Å²) in [5, 5.41) is 0. The van der Waals surface area contributed by atoms with Crippen molar-refractivity contribution in [2.45, 2.75) is 13.1 Å². The first-order valence-electron chi connectivity index (χ1n) is 5.27. The van der Waals surface area contributed by atoms with Crippen LogP contribution < -0.4 is 5.73 Å². The van der Waals surface area contributed by atoms with Crippen LogP contribution in [0.15, 0.2) is 36.5 Å². The van der Waals surface area contributed by atoms with Crippen LogP contribution in [-0.4, -0.2) is 4.98 Å². The molecule has 0 aliphatic carbocycles. The highest BCUT2D eigenvalue weighted by atomic mass is 19.4. The summed E-state index contributed by atoms with van der Waals surface area (Å²) in [6.45, 7) is 1.87. The number of aromatic nitrogens is 1. The van der Waals surface area contributed by atoms with Gasteiger partial charge < -0.3 is 5.73 Å². The molecule has 18 heavy (non-hydrogen) atoms. The Kier molecular flexibility index (Phi) is 2.98. The quantitative estimate of drug-likeness (QED) is 0.786. The van der Waals surface area contributed by atoms with E-state index >= 15 is 0 Å². The minimum atomic E-state index is -4.41. The second-order valence-electron chi connectivity index (χ2n) is 4.06. The lowest BCUT2D eigenvalue weighted by atomic mass is 10.0. The molecule has 0 saturated carbocycles. The topological polar surface area (TPSA) is 38.9 Å². The monoisotopic (exact) mass is 252 g/mol. The zero-order valence-corrected chi connectivity index (χ0v) is 9.62. The fourth-order valence-electron chi connectivity index (χ4n) is 1.71. The molecule has 0 unspecified atom stereocenters. The van der Waals surface area contributed by atoms with Gasteiger partial charge in [-0.3, -0.25) is 4.98 Å². The van der Waals surface area contributed by atoms with Crippen LogP contribution in [0.4, 0.5) is 18.9 Å². The third-order valence-corrected chi connectivity index (χ3v) is 2.49. The number of hydrogen-bond acceptors (Lipinski definition) is 2. The van der Waals surface area contributed by atoms with E-state index in [1.54, 1.807) is 12.1 Å². The Balaban J connectivity index is 2.40. The van der Waals surface area contributed by atoms with E-state index in [9.17, 15) is 13.2 Å². The van der Waals surface area contributed by atoms with Crippen molar-refractivity contribution in [2.75, 3.05) is 5.73 Å². The van der Waals surface area contributed by atoms with E-state index in [0.29, 0.717) is 11.3 Å². The lowest BCUT2D eigenvalue weighted by Crippen LogP contribution is -2.07. The fraction of sp³-hybridized carbons (Fsp3) is 0.154. The van der Waals surface area contributed by atoms with Gasteiger partial charge in [-0.1, -0.05) is 12.1 Å². The van der Waals surface area contributed by atoms with Crippen molar-refractivity contribution in [1.29, 1.82) is 0 Å². The molecule has 1 heterocycles. The first-order valence-corrected chi connectivity index (χ1v) is 5.27. The van der Waals surface area contributed by atoms with Gasteiger partial charge in [0.1, 0.15) is 5.69 Å². The van der Waals surface area contributed by atoms with Crippen LogP contribution in [0.1, 0.15) is 11.3 Å². The number of nitrogens with zero attached hydrogens (tertiary/aromatic N) is 1. The van der Waals surface area contributed by atoms with E-state index in [0.717, 1.165) is 17.2 Å². The van der Waals surface area contributed by atoms with Gasteiger partial charge in [0.15, 0.2) is 0 Å². The number of anilines is 1. The maximum atomic E-state index is 12.4. The predicted octanol–water partition coefficient (Wildman–Crippen LogP) is 3.66. The number of benzene rings is 1. The van der Waals surface area contributed by atoms with Gasteiger partial charge in [0, 0.05) is 17.4 Å². The van der Waals surface area contributed by atoms with Crippen molar-refractivity contribution in [3.63, 3.8) is 0 Å². The van der Waals surface area contributed by atoms with Crippen LogP contribution in [0.25, 0.3) is 11.1 Å². The molecule has 0 saturated heterocycles. The molecular formula is C13H11F3N2. The number of pyridine rings is 1. The number of halogens is 3. The second-order valence-corrected chi connectivity index (χ2v) is 4.06. The molecule has 5 heteroatoms. The van der Waals surface area contributed by atoms with E-state index < -0.39 is 11.9 Å². The molecule has 1 aromatic carbocycles. The van der Waals surface area contributed by atoms with Crippen molar-refractivity contribution < 1.29 is 13.2 Å². The summed E-state index contributed by atoms with van der Waals surface area (Å²) in [5.74, 6) is 0. The highest BCUT2D eigenvalue weighted by Gasteiger charge is 2.32. The number of aryl methyl sites for hydroxylation is 1. The van der Waals surface area contributed by atoms with Gasteiger partial charge in [-0.2, -0.15) is 13.2 Å². The van der Waals surface area contributed by atoms with Crippen molar-refractivity contribution in [1.82, 2.24) is 4.98 Å². The lowest BCUT2D eigenvalue weighted by Gasteiger charge is -2.08. The molecule has 2 aromatic rings. The number of hydrogen-bond donors (Lipinski definition) is 1. The Morgan fingerprint density at radius 1 is 1.06 bits per heavy atom. The molecule has 0 amide bonds.